The Morgan fingerprint density at radius 2 is 2.16 bits per heavy atom. The number of ether oxygens (including phenoxy) is 1. The zero-order valence-corrected chi connectivity index (χ0v) is 12.3. The highest BCUT2D eigenvalue weighted by atomic mass is 19.1. The first kappa shape index (κ1) is 14.3. The van der Waals surface area contributed by atoms with Crippen LogP contribution in [0.2, 0.25) is 0 Å². The van der Waals surface area contributed by atoms with Crippen LogP contribution in [0.25, 0.3) is 0 Å². The third-order valence-corrected chi connectivity index (χ3v) is 4.58. The van der Waals surface area contributed by atoms with Gasteiger partial charge in [0, 0.05) is 11.6 Å². The monoisotopic (exact) mass is 265 g/mol. The van der Waals surface area contributed by atoms with E-state index in [4.69, 9.17) is 4.74 Å². The van der Waals surface area contributed by atoms with Crippen LogP contribution in [0.1, 0.15) is 44.7 Å². The molecule has 3 heteroatoms. The Balaban J connectivity index is 2.39. The fourth-order valence-corrected chi connectivity index (χ4v) is 3.49. The average Bonchev–Trinajstić information content (AvgIpc) is 2.71. The number of benzene rings is 1. The fraction of sp³-hybridized carbons (Fsp3) is 0.625. The van der Waals surface area contributed by atoms with Gasteiger partial charge in [-0.25, -0.2) is 4.39 Å². The van der Waals surface area contributed by atoms with Gasteiger partial charge in [-0.1, -0.05) is 20.3 Å². The molecule has 2 atom stereocenters. The summed E-state index contributed by atoms with van der Waals surface area (Å²) in [6, 6.07) is 4.92. The molecule has 106 valence electrons. The maximum absolute atomic E-state index is 13.6. The normalized spacial score (nSPS) is 23.3. The van der Waals surface area contributed by atoms with Crippen molar-refractivity contribution in [1.82, 2.24) is 5.32 Å². The van der Waals surface area contributed by atoms with E-state index in [1.165, 1.54) is 25.3 Å². The van der Waals surface area contributed by atoms with Gasteiger partial charge in [-0.3, -0.25) is 0 Å². The summed E-state index contributed by atoms with van der Waals surface area (Å²) in [6.45, 7) is 4.61. The molecule has 0 heterocycles. The van der Waals surface area contributed by atoms with Gasteiger partial charge in [0.25, 0.3) is 0 Å². The summed E-state index contributed by atoms with van der Waals surface area (Å²) in [5, 5.41) is 3.37. The number of nitrogens with one attached hydrogen (secondary N) is 1. The first-order valence-electron chi connectivity index (χ1n) is 7.00. The van der Waals surface area contributed by atoms with Crippen molar-refractivity contribution < 1.29 is 9.13 Å². The van der Waals surface area contributed by atoms with Crippen LogP contribution in [0.15, 0.2) is 18.2 Å². The molecular formula is C16H24FNO. The van der Waals surface area contributed by atoms with E-state index >= 15 is 0 Å². The molecule has 2 rings (SSSR count). The van der Waals surface area contributed by atoms with Crippen LogP contribution in [-0.4, -0.2) is 14.2 Å². The van der Waals surface area contributed by atoms with E-state index < -0.39 is 0 Å². The Kier molecular flexibility index (Phi) is 4.14. The van der Waals surface area contributed by atoms with Crippen LogP contribution < -0.4 is 10.1 Å². The summed E-state index contributed by atoms with van der Waals surface area (Å²) in [5.41, 5.74) is 1.22. The second kappa shape index (κ2) is 5.49. The van der Waals surface area contributed by atoms with Gasteiger partial charge >= 0.3 is 0 Å². The van der Waals surface area contributed by atoms with Crippen molar-refractivity contribution in [3.05, 3.63) is 29.6 Å². The van der Waals surface area contributed by atoms with E-state index in [1.54, 1.807) is 19.2 Å². The predicted octanol–water partition coefficient (Wildman–Crippen LogP) is 3.92. The third-order valence-electron chi connectivity index (χ3n) is 4.58. The topological polar surface area (TPSA) is 21.3 Å². The van der Waals surface area contributed by atoms with Crippen molar-refractivity contribution in [1.29, 1.82) is 0 Å². The lowest BCUT2D eigenvalue weighted by Gasteiger charge is -2.35. The molecule has 1 aromatic rings. The van der Waals surface area contributed by atoms with Gasteiger partial charge in [-0.2, -0.15) is 0 Å². The zero-order valence-electron chi connectivity index (χ0n) is 12.3. The van der Waals surface area contributed by atoms with E-state index in [-0.39, 0.29) is 17.3 Å². The van der Waals surface area contributed by atoms with Crippen LogP contribution in [0, 0.1) is 17.2 Å². The first-order chi connectivity index (χ1) is 8.99. The van der Waals surface area contributed by atoms with Crippen molar-refractivity contribution in [2.75, 3.05) is 14.2 Å². The standard InChI is InChI=1S/C16H24FNO/c1-16(2)9-5-6-13(16)15(18-3)12-10-11(17)7-8-14(12)19-4/h7-8,10,13,15,18H,5-6,9H2,1-4H3. The number of hydrogen-bond acceptors (Lipinski definition) is 2. The van der Waals surface area contributed by atoms with Crippen LogP contribution in [-0.2, 0) is 0 Å². The Morgan fingerprint density at radius 1 is 1.42 bits per heavy atom. The van der Waals surface area contributed by atoms with E-state index in [9.17, 15) is 4.39 Å². The molecule has 0 spiro atoms. The molecule has 1 aliphatic carbocycles. The van der Waals surface area contributed by atoms with Gasteiger partial charge in [-0.05, 0) is 49.4 Å². The molecule has 2 unspecified atom stereocenters. The smallest absolute Gasteiger partial charge is 0.123 e. The maximum Gasteiger partial charge on any atom is 0.123 e. The maximum atomic E-state index is 13.6. The molecular weight excluding hydrogens is 241 g/mol. The largest absolute Gasteiger partial charge is 0.496 e. The highest BCUT2D eigenvalue weighted by Crippen LogP contribution is 2.49. The molecule has 0 aromatic heterocycles. The first-order valence-corrected chi connectivity index (χ1v) is 7.00. The van der Waals surface area contributed by atoms with Crippen LogP contribution >= 0.6 is 0 Å². The average molecular weight is 265 g/mol. The summed E-state index contributed by atoms with van der Waals surface area (Å²) in [5.74, 6) is 1.07. The SMILES string of the molecule is CNC(c1cc(F)ccc1OC)C1CCCC1(C)C. The van der Waals surface area contributed by atoms with E-state index in [2.05, 4.69) is 19.2 Å². The van der Waals surface area contributed by atoms with Crippen molar-refractivity contribution in [3.8, 4) is 5.75 Å². The van der Waals surface area contributed by atoms with Gasteiger partial charge in [0.05, 0.1) is 7.11 Å². The summed E-state index contributed by atoms with van der Waals surface area (Å²) in [4.78, 5) is 0. The minimum absolute atomic E-state index is 0.142. The second-order valence-electron chi connectivity index (χ2n) is 6.14. The number of rotatable bonds is 4. The molecule has 19 heavy (non-hydrogen) atoms. The van der Waals surface area contributed by atoms with Crippen molar-refractivity contribution >= 4 is 0 Å². The number of hydrogen-bond donors (Lipinski definition) is 1. The molecule has 1 aromatic carbocycles. The van der Waals surface area contributed by atoms with E-state index in [0.717, 1.165) is 11.3 Å². The zero-order chi connectivity index (χ0) is 14.0. The van der Waals surface area contributed by atoms with Crippen molar-refractivity contribution in [2.24, 2.45) is 11.3 Å². The molecule has 0 bridgehead atoms. The molecule has 1 N–H and O–H groups in total. The molecule has 0 radical (unpaired) electrons. The summed E-state index contributed by atoms with van der Waals surface area (Å²) >= 11 is 0. The van der Waals surface area contributed by atoms with E-state index in [0.29, 0.717) is 5.92 Å². The van der Waals surface area contributed by atoms with Crippen LogP contribution in [0.3, 0.4) is 0 Å². The molecule has 1 saturated carbocycles. The summed E-state index contributed by atoms with van der Waals surface area (Å²) in [6.07, 6.45) is 3.65. The highest BCUT2D eigenvalue weighted by Gasteiger charge is 2.40. The summed E-state index contributed by atoms with van der Waals surface area (Å²) in [7, 11) is 3.59. The Labute approximate surface area is 115 Å². The molecule has 0 aliphatic heterocycles. The molecule has 0 amide bonds. The second-order valence-corrected chi connectivity index (χ2v) is 6.14. The van der Waals surface area contributed by atoms with Gasteiger partial charge in [0.2, 0.25) is 0 Å². The minimum Gasteiger partial charge on any atom is -0.496 e. The van der Waals surface area contributed by atoms with Gasteiger partial charge < -0.3 is 10.1 Å². The Bertz CT molecular complexity index is 444. The Morgan fingerprint density at radius 3 is 2.68 bits per heavy atom. The van der Waals surface area contributed by atoms with Gasteiger partial charge in [0.15, 0.2) is 0 Å². The van der Waals surface area contributed by atoms with Crippen molar-refractivity contribution in [2.45, 2.75) is 39.2 Å². The van der Waals surface area contributed by atoms with Crippen LogP contribution in [0.5, 0.6) is 5.75 Å². The Hall–Kier alpha value is -1.09. The number of halogens is 1. The molecule has 2 nitrogen and oxygen atoms in total. The fourth-order valence-electron chi connectivity index (χ4n) is 3.49. The van der Waals surface area contributed by atoms with Crippen molar-refractivity contribution in [3.63, 3.8) is 0 Å². The van der Waals surface area contributed by atoms with E-state index in [1.807, 2.05) is 7.05 Å². The molecule has 1 aliphatic rings. The highest BCUT2D eigenvalue weighted by molar-refractivity contribution is 5.37. The van der Waals surface area contributed by atoms with Gasteiger partial charge in [0.1, 0.15) is 11.6 Å². The quantitative estimate of drug-likeness (QED) is 0.891. The molecule has 1 fully saturated rings. The lowest BCUT2D eigenvalue weighted by atomic mass is 9.75. The van der Waals surface area contributed by atoms with Gasteiger partial charge in [-0.15, -0.1) is 0 Å². The predicted molar refractivity (Wildman–Crippen MR) is 75.9 cm³/mol. The molecule has 0 saturated heterocycles. The lowest BCUT2D eigenvalue weighted by Crippen LogP contribution is -2.32. The third kappa shape index (κ3) is 2.76. The number of methoxy groups -OCH3 is 1. The van der Waals surface area contributed by atoms with Crippen LogP contribution in [0.4, 0.5) is 4.39 Å². The summed E-state index contributed by atoms with van der Waals surface area (Å²) < 4.78 is 19.0. The lowest BCUT2D eigenvalue weighted by molar-refractivity contribution is 0.200. The minimum atomic E-state index is -0.202.